The first-order valence-corrected chi connectivity index (χ1v) is 6.85. The van der Waals surface area contributed by atoms with Crippen molar-refractivity contribution >= 4 is 5.91 Å². The Hall–Kier alpha value is -1.57. The van der Waals surface area contributed by atoms with Crippen molar-refractivity contribution in [2.75, 3.05) is 19.6 Å². The summed E-state index contributed by atoms with van der Waals surface area (Å²) < 4.78 is 38.1. The Balaban J connectivity index is 1.71. The van der Waals surface area contributed by atoms with Gasteiger partial charge in [0, 0.05) is 32.5 Å². The minimum absolute atomic E-state index is 0.197. The molecule has 8 heteroatoms. The molecule has 118 valence electrons. The summed E-state index contributed by atoms with van der Waals surface area (Å²) in [5, 5.41) is 2.37. The zero-order chi connectivity index (χ0) is 15.5. The van der Waals surface area contributed by atoms with Gasteiger partial charge < -0.3 is 9.88 Å². The molecule has 0 aromatic carbocycles. The maximum absolute atomic E-state index is 12.0. The lowest BCUT2D eigenvalue weighted by Crippen LogP contribution is -2.33. The van der Waals surface area contributed by atoms with Crippen LogP contribution in [-0.2, 0) is 18.4 Å². The van der Waals surface area contributed by atoms with Gasteiger partial charge in [0.1, 0.15) is 12.2 Å². The number of amides is 1. The van der Waals surface area contributed by atoms with Crippen molar-refractivity contribution < 1.29 is 18.0 Å². The molecule has 1 aliphatic rings. The van der Waals surface area contributed by atoms with Crippen molar-refractivity contribution in [2.24, 2.45) is 13.0 Å². The van der Waals surface area contributed by atoms with Crippen LogP contribution in [0.5, 0.6) is 0 Å². The highest BCUT2D eigenvalue weighted by atomic mass is 19.4. The molecule has 2 rings (SSSR count). The van der Waals surface area contributed by atoms with E-state index < -0.39 is 18.5 Å². The lowest BCUT2D eigenvalue weighted by molar-refractivity contribution is -0.153. The summed E-state index contributed by atoms with van der Waals surface area (Å²) in [6, 6.07) is 0. The molecular formula is C13H19F3N4O. The second-order valence-electron chi connectivity index (χ2n) is 5.44. The van der Waals surface area contributed by atoms with Gasteiger partial charge in [-0.15, -0.1) is 0 Å². The summed E-state index contributed by atoms with van der Waals surface area (Å²) in [7, 11) is 1.92. The van der Waals surface area contributed by atoms with Gasteiger partial charge in [-0.1, -0.05) is 0 Å². The van der Waals surface area contributed by atoms with E-state index in [1.165, 1.54) is 0 Å². The molecule has 0 saturated carbocycles. The van der Waals surface area contributed by atoms with Crippen LogP contribution >= 0.6 is 0 Å². The quantitative estimate of drug-likeness (QED) is 0.892. The van der Waals surface area contributed by atoms with Gasteiger partial charge in [0.05, 0.1) is 6.54 Å². The largest absolute Gasteiger partial charge is 0.397 e. The molecule has 0 spiro atoms. The van der Waals surface area contributed by atoms with Crippen molar-refractivity contribution in [3.8, 4) is 0 Å². The molecule has 21 heavy (non-hydrogen) atoms. The molecule has 1 saturated heterocycles. The van der Waals surface area contributed by atoms with Crippen molar-refractivity contribution in [3.05, 3.63) is 18.2 Å². The summed E-state index contributed by atoms with van der Waals surface area (Å²) in [4.78, 5) is 17.6. The Morgan fingerprint density at radius 2 is 2.29 bits per heavy atom. The van der Waals surface area contributed by atoms with Crippen LogP contribution in [-0.4, -0.2) is 46.2 Å². The first-order valence-electron chi connectivity index (χ1n) is 6.85. The highest BCUT2D eigenvalue weighted by Crippen LogP contribution is 2.20. The molecule has 1 amide bonds. The number of aryl methyl sites for hydroxylation is 1. The van der Waals surface area contributed by atoms with E-state index in [1.54, 1.807) is 6.20 Å². The molecule has 0 bridgehead atoms. The third kappa shape index (κ3) is 5.04. The van der Waals surface area contributed by atoms with Crippen molar-refractivity contribution in [3.63, 3.8) is 0 Å². The van der Waals surface area contributed by atoms with Crippen LogP contribution in [0.15, 0.2) is 12.4 Å². The first kappa shape index (κ1) is 15.8. The molecule has 1 aromatic heterocycles. The molecule has 5 nitrogen and oxygen atoms in total. The highest BCUT2D eigenvalue weighted by molar-refractivity contribution is 5.76. The van der Waals surface area contributed by atoms with Gasteiger partial charge in [-0.3, -0.25) is 9.69 Å². The standard InChI is InChI=1S/C13H19F3N4O/c1-19-5-3-17-11(19)9-20-4-2-10(8-20)7-18-12(21)6-13(14,15)16/h3,5,10H,2,4,6-9H2,1H3,(H,18,21). The predicted molar refractivity (Wildman–Crippen MR) is 70.3 cm³/mol. The van der Waals surface area contributed by atoms with Crippen LogP contribution in [0.1, 0.15) is 18.7 Å². The molecule has 0 aliphatic carbocycles. The normalized spacial score (nSPS) is 19.9. The molecule has 1 fully saturated rings. The third-order valence-corrected chi connectivity index (χ3v) is 3.60. The minimum atomic E-state index is -4.44. The Bertz CT molecular complexity index is 486. The number of rotatable bonds is 5. The summed E-state index contributed by atoms with van der Waals surface area (Å²) in [5.41, 5.74) is 0. The van der Waals surface area contributed by atoms with Gasteiger partial charge in [-0.25, -0.2) is 4.98 Å². The Morgan fingerprint density at radius 1 is 1.52 bits per heavy atom. The SMILES string of the molecule is Cn1ccnc1CN1CCC(CNC(=O)CC(F)(F)F)C1. The Labute approximate surface area is 121 Å². The number of nitrogens with zero attached hydrogens (tertiary/aromatic N) is 3. The van der Waals surface area contributed by atoms with Gasteiger partial charge in [-0.2, -0.15) is 13.2 Å². The molecule has 2 heterocycles. The Morgan fingerprint density at radius 3 is 2.90 bits per heavy atom. The van der Waals surface area contributed by atoms with Gasteiger partial charge in [-0.05, 0) is 18.9 Å². The first-order chi connectivity index (χ1) is 9.83. The number of aromatic nitrogens is 2. The lowest BCUT2D eigenvalue weighted by Gasteiger charge is -2.16. The Kier molecular flexibility index (Phi) is 4.87. The van der Waals surface area contributed by atoms with Crippen LogP contribution in [0.25, 0.3) is 0 Å². The minimum Gasteiger partial charge on any atom is -0.355 e. The van der Waals surface area contributed by atoms with E-state index >= 15 is 0 Å². The summed E-state index contributed by atoms with van der Waals surface area (Å²) in [5.74, 6) is 0.198. The zero-order valence-electron chi connectivity index (χ0n) is 11.9. The van der Waals surface area contributed by atoms with E-state index in [0.717, 1.165) is 31.9 Å². The number of halogens is 3. The number of likely N-dealkylation sites (tertiary alicyclic amines) is 1. The number of nitrogens with one attached hydrogen (secondary N) is 1. The van der Waals surface area contributed by atoms with Crippen molar-refractivity contribution in [2.45, 2.75) is 25.6 Å². The highest BCUT2D eigenvalue weighted by Gasteiger charge is 2.31. The number of carbonyl (C=O) groups is 1. The van der Waals surface area contributed by atoms with Gasteiger partial charge in [0.15, 0.2) is 0 Å². The van der Waals surface area contributed by atoms with Crippen LogP contribution < -0.4 is 5.32 Å². The molecule has 1 unspecified atom stereocenters. The number of imidazole rings is 1. The van der Waals surface area contributed by atoms with Crippen LogP contribution in [0.4, 0.5) is 13.2 Å². The van der Waals surface area contributed by atoms with E-state index in [-0.39, 0.29) is 5.92 Å². The second-order valence-corrected chi connectivity index (χ2v) is 5.44. The second kappa shape index (κ2) is 6.46. The van der Waals surface area contributed by atoms with Gasteiger partial charge in [0.2, 0.25) is 5.91 Å². The third-order valence-electron chi connectivity index (χ3n) is 3.60. The fourth-order valence-corrected chi connectivity index (χ4v) is 2.47. The van der Waals surface area contributed by atoms with E-state index in [9.17, 15) is 18.0 Å². The maximum Gasteiger partial charge on any atom is 0.397 e. The van der Waals surface area contributed by atoms with E-state index in [0.29, 0.717) is 6.54 Å². The maximum atomic E-state index is 12.0. The topological polar surface area (TPSA) is 50.2 Å². The molecule has 1 N–H and O–H groups in total. The van der Waals surface area contributed by atoms with Gasteiger partial charge in [0.25, 0.3) is 0 Å². The monoisotopic (exact) mass is 304 g/mol. The zero-order valence-corrected chi connectivity index (χ0v) is 11.9. The molecule has 1 atom stereocenters. The fourth-order valence-electron chi connectivity index (χ4n) is 2.47. The van der Waals surface area contributed by atoms with Crippen molar-refractivity contribution in [1.82, 2.24) is 19.8 Å². The number of hydrogen-bond acceptors (Lipinski definition) is 3. The number of alkyl halides is 3. The smallest absolute Gasteiger partial charge is 0.355 e. The van der Waals surface area contributed by atoms with E-state index in [2.05, 4.69) is 15.2 Å². The average Bonchev–Trinajstić information content (AvgIpc) is 2.96. The number of hydrogen-bond donors (Lipinski definition) is 1. The summed E-state index contributed by atoms with van der Waals surface area (Å²) in [6.07, 6.45) is -1.36. The van der Waals surface area contributed by atoms with Gasteiger partial charge >= 0.3 is 6.18 Å². The van der Waals surface area contributed by atoms with Crippen LogP contribution in [0.3, 0.4) is 0 Å². The van der Waals surface area contributed by atoms with Crippen LogP contribution in [0, 0.1) is 5.92 Å². The molecule has 0 radical (unpaired) electrons. The molecule has 1 aromatic rings. The fraction of sp³-hybridized carbons (Fsp3) is 0.692. The molecular weight excluding hydrogens is 285 g/mol. The number of carbonyl (C=O) groups excluding carboxylic acids is 1. The van der Waals surface area contributed by atoms with E-state index in [1.807, 2.05) is 17.8 Å². The average molecular weight is 304 g/mol. The molecule has 1 aliphatic heterocycles. The lowest BCUT2D eigenvalue weighted by atomic mass is 10.1. The van der Waals surface area contributed by atoms with Crippen molar-refractivity contribution in [1.29, 1.82) is 0 Å². The van der Waals surface area contributed by atoms with E-state index in [4.69, 9.17) is 0 Å². The summed E-state index contributed by atoms with van der Waals surface area (Å²) in [6.45, 7) is 2.65. The van der Waals surface area contributed by atoms with Crippen LogP contribution in [0.2, 0.25) is 0 Å². The summed E-state index contributed by atoms with van der Waals surface area (Å²) >= 11 is 0. The predicted octanol–water partition coefficient (Wildman–Crippen LogP) is 1.31.